The maximum Gasteiger partial charge on any atom is 0.218 e. The van der Waals surface area contributed by atoms with Crippen LogP contribution in [0.15, 0.2) is 0 Å². The molecule has 2 rings (SSSR count). The molecule has 0 spiro atoms. The minimum atomic E-state index is -1.16. The number of fused-ring (bicyclic) bond motifs is 1. The zero-order valence-electron chi connectivity index (χ0n) is 5.60. The summed E-state index contributed by atoms with van der Waals surface area (Å²) in [4.78, 5) is 18.8. The van der Waals surface area contributed by atoms with Crippen molar-refractivity contribution in [3.63, 3.8) is 0 Å². The van der Waals surface area contributed by atoms with Gasteiger partial charge in [-0.05, 0) is 0 Å². The molecule has 0 aromatic heterocycles. The number of hydrogen-bond donors (Lipinski definition) is 2. The Kier molecular flexibility index (Phi) is 2.39. The van der Waals surface area contributed by atoms with Crippen molar-refractivity contribution in [3.8, 4) is 0 Å². The number of rotatable bonds is 1. The lowest BCUT2D eigenvalue weighted by atomic mass is 11.9. The molecule has 2 N–H and O–H groups in total. The predicted octanol–water partition coefficient (Wildman–Crippen LogP) is -2.48. The van der Waals surface area contributed by atoms with Crippen molar-refractivity contribution < 1.29 is 9.59 Å². The Morgan fingerprint density at radius 3 is 2.30 bits per heavy atom. The summed E-state index contributed by atoms with van der Waals surface area (Å²) >= 11 is 0. The zero-order valence-corrected chi connectivity index (χ0v) is 13.0. The van der Waals surface area contributed by atoms with Gasteiger partial charge < -0.3 is 9.59 Å². The van der Waals surface area contributed by atoms with E-state index < -0.39 is 30.2 Å². The summed E-state index contributed by atoms with van der Waals surface area (Å²) in [6, 6.07) is 0. The molecule has 0 bridgehead atoms. The topological polar surface area (TPSA) is 40.5 Å². The van der Waals surface area contributed by atoms with Crippen LogP contribution >= 0.6 is 21.3 Å². The van der Waals surface area contributed by atoms with Crippen LogP contribution in [0, 0.1) is 0 Å². The van der Waals surface area contributed by atoms with E-state index in [9.17, 15) is 9.59 Å². The summed E-state index contributed by atoms with van der Waals surface area (Å²) < 4.78 is 0. The lowest BCUT2D eigenvalue weighted by molar-refractivity contribution is 0.600. The average molecular weight is 259 g/mol. The van der Waals surface area contributed by atoms with Crippen LogP contribution in [0.1, 0.15) is 0 Å². The molecule has 2 saturated heterocycles. The maximum absolute atomic E-state index is 9.44. The Balaban J connectivity index is 1.89. The molecule has 0 aliphatic carbocycles. The van der Waals surface area contributed by atoms with Gasteiger partial charge in [0.25, 0.3) is 0 Å². The summed E-state index contributed by atoms with van der Waals surface area (Å²) in [6.07, 6.45) is 0. The molecule has 2 nitrogen and oxygen atoms in total. The minimum Gasteiger partial charge on any atom is -0.437 e. The Hall–Kier alpha value is 1.70. The molecule has 9 heteroatoms. The zero-order chi connectivity index (χ0) is 7.30. The van der Waals surface area contributed by atoms with E-state index in [1.165, 1.54) is 0 Å². The molecule has 2 fully saturated rings. The lowest BCUT2D eigenvalue weighted by Crippen LogP contribution is -2.75. The third-order valence-electron chi connectivity index (χ3n) is 2.01. The van der Waals surface area contributed by atoms with Crippen LogP contribution in [0.2, 0.25) is 6.55 Å². The fourth-order valence-corrected chi connectivity index (χ4v) is 210. The van der Waals surface area contributed by atoms with Crippen molar-refractivity contribution >= 4 is 58.5 Å². The van der Waals surface area contributed by atoms with Crippen molar-refractivity contribution in [1.29, 1.82) is 0 Å². The summed E-state index contributed by atoms with van der Waals surface area (Å²) in [5.41, 5.74) is 0. The first-order valence-corrected chi connectivity index (χ1v) is 23.8. The highest BCUT2D eigenvalue weighted by molar-refractivity contribution is 8.92. The van der Waals surface area contributed by atoms with Gasteiger partial charge in [-0.1, -0.05) is 6.55 Å². The van der Waals surface area contributed by atoms with E-state index in [2.05, 4.69) is 17.2 Å². The number of hydrogen-bond acceptors (Lipinski definition) is 4. The maximum atomic E-state index is 9.44. The van der Waals surface area contributed by atoms with Crippen LogP contribution in [0.3, 0.4) is 0 Å². The molecule has 58 valence electrons. The third-order valence-corrected chi connectivity index (χ3v) is 126. The first-order valence-electron chi connectivity index (χ1n) is 3.37. The molecular weight excluding hydrogens is 249 g/mol. The van der Waals surface area contributed by atoms with Gasteiger partial charge in [-0.2, -0.15) is 10.7 Å². The Bertz CT molecular complexity index is 155. The molecule has 2 aliphatic rings. The van der Waals surface area contributed by atoms with Gasteiger partial charge in [-0.3, -0.25) is 0 Å². The quantitative estimate of drug-likeness (QED) is 0.511. The molecule has 0 radical (unpaired) electrons. The predicted molar refractivity (Wildman–Crippen MR) is 61.2 cm³/mol. The van der Waals surface area contributed by atoms with Crippen LogP contribution in [0.25, 0.3) is 0 Å². The largest absolute Gasteiger partial charge is 0.437 e. The van der Waals surface area contributed by atoms with Crippen molar-refractivity contribution in [2.24, 2.45) is 0 Å². The second-order valence-corrected chi connectivity index (χ2v) is 56.1. The van der Waals surface area contributed by atoms with E-state index in [0.29, 0.717) is 0 Å². The normalized spacial score (nSPS) is 54.3. The Morgan fingerprint density at radius 2 is 2.00 bits per heavy atom. The average Bonchev–Trinajstić information content (AvgIpc) is 1.81. The van der Waals surface area contributed by atoms with Crippen LogP contribution in [0.5, 0.6) is 0 Å². The van der Waals surface area contributed by atoms with Crippen molar-refractivity contribution in [1.82, 2.24) is 0 Å². The van der Waals surface area contributed by atoms with Crippen LogP contribution in [-0.2, 0) is 0 Å². The molecule has 10 heavy (non-hydrogen) atoms. The molecular formula is CH10O2S2Si5. The summed E-state index contributed by atoms with van der Waals surface area (Å²) in [5.74, 6) is 0. The fraction of sp³-hybridized carbons (Fsp3) is 1.00. The monoisotopic (exact) mass is 258 g/mol. The van der Waals surface area contributed by atoms with Gasteiger partial charge >= 0.3 is 0 Å². The molecule has 2 aliphatic heterocycles. The van der Waals surface area contributed by atoms with Gasteiger partial charge in [0.05, 0.1) is 6.98 Å². The molecule has 0 amide bonds. The third kappa shape index (κ3) is 1.11. The van der Waals surface area contributed by atoms with Crippen LogP contribution < -0.4 is 0 Å². The van der Waals surface area contributed by atoms with E-state index in [1.807, 2.05) is 10.7 Å². The van der Waals surface area contributed by atoms with E-state index >= 15 is 0 Å². The molecule has 0 aromatic carbocycles. The second-order valence-electron chi connectivity index (χ2n) is 2.80. The van der Waals surface area contributed by atoms with Gasteiger partial charge in [-0.25, -0.2) is 10.7 Å². The van der Waals surface area contributed by atoms with E-state index in [0.717, 1.165) is 0 Å². The van der Waals surface area contributed by atoms with Gasteiger partial charge in [0.2, 0.25) is 7.71 Å². The fourth-order valence-electron chi connectivity index (χ4n) is 1.36. The highest BCUT2D eigenvalue weighted by Gasteiger charge is 2.61. The SMILES string of the molecule is C[SiH](O)[SiH]1S[SiH]2[SiH](O)S[SiH]12. The molecule has 0 aromatic rings. The smallest absolute Gasteiger partial charge is 0.218 e. The molecule has 5 unspecified atom stereocenters. The minimum absolute atomic E-state index is 0.333. The summed E-state index contributed by atoms with van der Waals surface area (Å²) in [7, 11) is 1.96. The second kappa shape index (κ2) is 2.88. The van der Waals surface area contributed by atoms with Crippen LogP contribution in [-0.4, -0.2) is 46.8 Å². The molecule has 5 atom stereocenters. The lowest BCUT2D eigenvalue weighted by Gasteiger charge is -2.51. The highest BCUT2D eigenvalue weighted by atomic mass is 32.7. The van der Waals surface area contributed by atoms with Gasteiger partial charge in [0.15, 0.2) is 8.56 Å². The van der Waals surface area contributed by atoms with Gasteiger partial charge in [0.1, 0.15) is 14.0 Å². The summed E-state index contributed by atoms with van der Waals surface area (Å²) in [5, 5.41) is 0. The highest BCUT2D eigenvalue weighted by Crippen LogP contribution is 2.47. The molecule has 2 heterocycles. The standard InChI is InChI=1S/CH10O2S2Si5/c1-6(2)8-5-9-7(3)4-10(8)9/h2-3,6-10H,1H3. The van der Waals surface area contributed by atoms with Crippen molar-refractivity contribution in [3.05, 3.63) is 0 Å². The van der Waals surface area contributed by atoms with Gasteiger partial charge in [-0.15, -0.1) is 0 Å². The Labute approximate surface area is 74.4 Å². The summed E-state index contributed by atoms with van der Waals surface area (Å²) in [6.45, 7) is 0.789. The first-order chi connectivity index (χ1) is 4.70. The van der Waals surface area contributed by atoms with Gasteiger partial charge in [0, 0.05) is 0 Å². The first kappa shape index (κ1) is 8.31. The molecule has 0 saturated carbocycles. The Morgan fingerprint density at radius 1 is 1.30 bits per heavy atom. The van der Waals surface area contributed by atoms with Crippen molar-refractivity contribution in [2.75, 3.05) is 0 Å². The van der Waals surface area contributed by atoms with Crippen LogP contribution in [0.4, 0.5) is 0 Å². The van der Waals surface area contributed by atoms with Crippen molar-refractivity contribution in [2.45, 2.75) is 6.55 Å². The van der Waals surface area contributed by atoms with E-state index in [4.69, 9.17) is 0 Å². The van der Waals surface area contributed by atoms with E-state index in [-0.39, 0.29) is 6.98 Å². The van der Waals surface area contributed by atoms with E-state index in [1.54, 1.807) is 0 Å².